The van der Waals surface area contributed by atoms with Gasteiger partial charge < -0.3 is 4.98 Å². The molecule has 146 valence electrons. The summed E-state index contributed by atoms with van der Waals surface area (Å²) < 4.78 is 0. The summed E-state index contributed by atoms with van der Waals surface area (Å²) in [6, 6.07) is 43.2. The fourth-order valence-corrected chi connectivity index (χ4v) is 4.59. The van der Waals surface area contributed by atoms with Crippen LogP contribution in [0.5, 0.6) is 0 Å². The third kappa shape index (κ3) is 3.03. The summed E-state index contributed by atoms with van der Waals surface area (Å²) in [4.78, 5) is 3.66. The van der Waals surface area contributed by atoms with Crippen LogP contribution in [0.15, 0.2) is 121 Å². The number of aromatic amines is 1. The number of rotatable bonds is 3. The third-order valence-electron chi connectivity index (χ3n) is 6.03. The second-order valence-electron chi connectivity index (χ2n) is 7.89. The molecule has 5 aromatic carbocycles. The Balaban J connectivity index is 1.56. The first kappa shape index (κ1) is 17.7. The SMILES string of the molecule is c1ccc(-c2ccccc2-c2ccc3c(c2)[nH]c2cccc(-c4ccccc4)c23)cc1. The molecule has 6 rings (SSSR count). The van der Waals surface area contributed by atoms with Crippen LogP contribution >= 0.6 is 0 Å². The average Bonchev–Trinajstić information content (AvgIpc) is 3.23. The van der Waals surface area contributed by atoms with Crippen LogP contribution in [0.3, 0.4) is 0 Å². The maximum absolute atomic E-state index is 3.66. The number of H-pyrrole nitrogens is 1. The van der Waals surface area contributed by atoms with E-state index in [0.29, 0.717) is 0 Å². The molecule has 1 heteroatoms. The van der Waals surface area contributed by atoms with Crippen molar-refractivity contribution < 1.29 is 0 Å². The Bertz CT molecular complexity index is 1510. The molecule has 1 aromatic heterocycles. The molecule has 0 saturated heterocycles. The highest BCUT2D eigenvalue weighted by atomic mass is 14.7. The van der Waals surface area contributed by atoms with Gasteiger partial charge in [-0.1, -0.05) is 109 Å². The summed E-state index contributed by atoms with van der Waals surface area (Å²) in [7, 11) is 0. The van der Waals surface area contributed by atoms with E-state index in [1.54, 1.807) is 0 Å². The molecule has 0 atom stereocenters. The molecule has 1 nitrogen and oxygen atoms in total. The van der Waals surface area contributed by atoms with E-state index in [2.05, 4.69) is 126 Å². The molecule has 0 aliphatic carbocycles. The van der Waals surface area contributed by atoms with Crippen LogP contribution in [-0.2, 0) is 0 Å². The first-order valence-corrected chi connectivity index (χ1v) is 10.6. The Morgan fingerprint density at radius 3 is 1.68 bits per heavy atom. The minimum Gasteiger partial charge on any atom is -0.354 e. The highest BCUT2D eigenvalue weighted by molar-refractivity contribution is 6.14. The molecule has 0 spiro atoms. The minimum absolute atomic E-state index is 1.17. The minimum atomic E-state index is 1.17. The van der Waals surface area contributed by atoms with Gasteiger partial charge >= 0.3 is 0 Å². The van der Waals surface area contributed by atoms with Crippen molar-refractivity contribution in [1.29, 1.82) is 0 Å². The molecule has 0 fully saturated rings. The molecule has 0 aliphatic heterocycles. The molecule has 0 saturated carbocycles. The molecule has 6 aromatic rings. The molecule has 0 unspecified atom stereocenters. The first-order chi connectivity index (χ1) is 15.4. The Labute approximate surface area is 181 Å². The lowest BCUT2D eigenvalue weighted by atomic mass is 9.93. The Morgan fingerprint density at radius 1 is 0.387 bits per heavy atom. The van der Waals surface area contributed by atoms with Crippen LogP contribution in [0.1, 0.15) is 0 Å². The zero-order chi connectivity index (χ0) is 20.6. The molecular weight excluding hydrogens is 374 g/mol. The highest BCUT2D eigenvalue weighted by Crippen LogP contribution is 2.38. The molecule has 31 heavy (non-hydrogen) atoms. The van der Waals surface area contributed by atoms with E-state index < -0.39 is 0 Å². The van der Waals surface area contributed by atoms with Gasteiger partial charge in [-0.3, -0.25) is 0 Å². The maximum Gasteiger partial charge on any atom is 0.0471 e. The van der Waals surface area contributed by atoms with Crippen molar-refractivity contribution in [2.45, 2.75) is 0 Å². The van der Waals surface area contributed by atoms with Crippen LogP contribution in [0.4, 0.5) is 0 Å². The Morgan fingerprint density at radius 2 is 0.968 bits per heavy atom. The number of nitrogens with one attached hydrogen (secondary N) is 1. The lowest BCUT2D eigenvalue weighted by Gasteiger charge is -2.10. The second-order valence-corrected chi connectivity index (χ2v) is 7.89. The molecule has 0 aliphatic rings. The van der Waals surface area contributed by atoms with Crippen molar-refractivity contribution in [3.05, 3.63) is 121 Å². The average molecular weight is 396 g/mol. The van der Waals surface area contributed by atoms with Gasteiger partial charge in [0, 0.05) is 21.8 Å². The van der Waals surface area contributed by atoms with Crippen LogP contribution in [-0.4, -0.2) is 4.98 Å². The number of hydrogen-bond acceptors (Lipinski definition) is 0. The van der Waals surface area contributed by atoms with Crippen LogP contribution in [0.2, 0.25) is 0 Å². The number of benzene rings is 5. The van der Waals surface area contributed by atoms with Gasteiger partial charge in [-0.2, -0.15) is 0 Å². The van der Waals surface area contributed by atoms with Crippen LogP contribution < -0.4 is 0 Å². The summed E-state index contributed by atoms with van der Waals surface area (Å²) in [6.45, 7) is 0. The maximum atomic E-state index is 3.66. The van der Waals surface area contributed by atoms with Gasteiger partial charge in [-0.15, -0.1) is 0 Å². The van der Waals surface area contributed by atoms with Gasteiger partial charge in [-0.05, 0) is 45.5 Å². The third-order valence-corrected chi connectivity index (χ3v) is 6.03. The van der Waals surface area contributed by atoms with Crippen molar-refractivity contribution in [3.63, 3.8) is 0 Å². The van der Waals surface area contributed by atoms with Crippen molar-refractivity contribution >= 4 is 21.8 Å². The van der Waals surface area contributed by atoms with E-state index in [4.69, 9.17) is 0 Å². The van der Waals surface area contributed by atoms with Gasteiger partial charge in [0.15, 0.2) is 0 Å². The predicted octanol–water partition coefficient (Wildman–Crippen LogP) is 8.32. The number of fused-ring (bicyclic) bond motifs is 3. The van der Waals surface area contributed by atoms with E-state index in [1.165, 1.54) is 55.2 Å². The van der Waals surface area contributed by atoms with Crippen LogP contribution in [0, 0.1) is 0 Å². The second kappa shape index (κ2) is 7.30. The molecular formula is C30H21N. The normalized spacial score (nSPS) is 11.2. The smallest absolute Gasteiger partial charge is 0.0471 e. The van der Waals surface area contributed by atoms with Crippen molar-refractivity contribution in [3.8, 4) is 33.4 Å². The predicted molar refractivity (Wildman–Crippen MR) is 132 cm³/mol. The summed E-state index contributed by atoms with van der Waals surface area (Å²) in [5.41, 5.74) is 9.81. The van der Waals surface area contributed by atoms with Crippen molar-refractivity contribution in [2.75, 3.05) is 0 Å². The van der Waals surface area contributed by atoms with Crippen molar-refractivity contribution in [2.24, 2.45) is 0 Å². The summed E-state index contributed by atoms with van der Waals surface area (Å²) in [5, 5.41) is 2.54. The molecule has 0 amide bonds. The largest absolute Gasteiger partial charge is 0.354 e. The monoisotopic (exact) mass is 395 g/mol. The topological polar surface area (TPSA) is 15.8 Å². The standard InChI is InChI=1S/C30H21N/c1-3-10-21(11-4-1)24-14-7-8-15-25(24)23-18-19-27-29(20-23)31-28-17-9-16-26(30(27)28)22-12-5-2-6-13-22/h1-20,31H. The van der Waals surface area contributed by atoms with Gasteiger partial charge in [0.25, 0.3) is 0 Å². The van der Waals surface area contributed by atoms with Gasteiger partial charge in [0.2, 0.25) is 0 Å². The quantitative estimate of drug-likeness (QED) is 0.310. The zero-order valence-corrected chi connectivity index (χ0v) is 17.0. The summed E-state index contributed by atoms with van der Waals surface area (Å²) in [6.07, 6.45) is 0. The number of hydrogen-bond donors (Lipinski definition) is 1. The van der Waals surface area contributed by atoms with Gasteiger partial charge in [0.1, 0.15) is 0 Å². The fourth-order valence-electron chi connectivity index (χ4n) is 4.59. The molecule has 1 N–H and O–H groups in total. The number of aromatic nitrogens is 1. The highest BCUT2D eigenvalue weighted by Gasteiger charge is 2.12. The molecule has 1 heterocycles. The molecule has 0 radical (unpaired) electrons. The van der Waals surface area contributed by atoms with Crippen molar-refractivity contribution in [1.82, 2.24) is 4.98 Å². The van der Waals surface area contributed by atoms with E-state index in [9.17, 15) is 0 Å². The summed E-state index contributed by atoms with van der Waals surface area (Å²) >= 11 is 0. The van der Waals surface area contributed by atoms with E-state index in [1.807, 2.05) is 0 Å². The Kier molecular flexibility index (Phi) is 4.18. The molecule has 0 bridgehead atoms. The lowest BCUT2D eigenvalue weighted by Crippen LogP contribution is -1.85. The van der Waals surface area contributed by atoms with E-state index in [0.717, 1.165) is 0 Å². The fraction of sp³-hybridized carbons (Fsp3) is 0. The van der Waals surface area contributed by atoms with Crippen LogP contribution in [0.25, 0.3) is 55.2 Å². The van der Waals surface area contributed by atoms with E-state index in [-0.39, 0.29) is 0 Å². The van der Waals surface area contributed by atoms with Gasteiger partial charge in [-0.25, -0.2) is 0 Å². The van der Waals surface area contributed by atoms with Gasteiger partial charge in [0.05, 0.1) is 0 Å². The first-order valence-electron chi connectivity index (χ1n) is 10.6. The lowest BCUT2D eigenvalue weighted by molar-refractivity contribution is 1.53. The summed E-state index contributed by atoms with van der Waals surface area (Å²) in [5.74, 6) is 0. The zero-order valence-electron chi connectivity index (χ0n) is 17.0. The Hall–Kier alpha value is -4.10. The van der Waals surface area contributed by atoms with E-state index >= 15 is 0 Å².